The molecule has 0 bridgehead atoms. The zero-order valence-electron chi connectivity index (χ0n) is 13.0. The molecule has 2 rings (SSSR count). The van der Waals surface area contributed by atoms with E-state index in [1.807, 2.05) is 0 Å². The molecule has 3 atom stereocenters. The number of amides is 2. The van der Waals surface area contributed by atoms with Crippen molar-refractivity contribution < 1.29 is 14.3 Å². The van der Waals surface area contributed by atoms with Crippen LogP contribution in [0.1, 0.15) is 20.3 Å². The minimum absolute atomic E-state index is 0.00968. The molecule has 7 heteroatoms. The lowest BCUT2D eigenvalue weighted by Crippen LogP contribution is -2.58. The Kier molecular flexibility index (Phi) is 5.55. The second-order valence-corrected chi connectivity index (χ2v) is 6.06. The predicted octanol–water partition coefficient (Wildman–Crippen LogP) is -0.901. The molecular weight excluding hydrogens is 272 g/mol. The molecule has 0 spiro atoms. The van der Waals surface area contributed by atoms with Gasteiger partial charge in [-0.3, -0.25) is 19.9 Å². The number of hydrogen-bond acceptors (Lipinski definition) is 5. The van der Waals surface area contributed by atoms with Crippen molar-refractivity contribution >= 4 is 11.8 Å². The molecule has 0 aromatic heterocycles. The minimum atomic E-state index is -0.215. The van der Waals surface area contributed by atoms with Crippen LogP contribution in [0.2, 0.25) is 0 Å². The number of fused-ring (bicyclic) bond motifs is 1. The highest BCUT2D eigenvalue weighted by molar-refractivity contribution is 5.85. The molecular formula is C14H26N4O3. The van der Waals surface area contributed by atoms with Gasteiger partial charge in [0.15, 0.2) is 0 Å². The average molecular weight is 298 g/mol. The molecule has 7 nitrogen and oxygen atoms in total. The SMILES string of the molecule is COCCCNC(=O)C1CN(C(C)C)CC2C(=O)NNC12. The van der Waals surface area contributed by atoms with Gasteiger partial charge in [-0.25, -0.2) is 5.43 Å². The standard InChI is InChI=1S/C14H26N4O3/c1-9(2)18-7-10(13(19)15-5-4-6-21-3)12-11(8-18)14(20)17-16-12/h9-12,16H,4-8H2,1-3H3,(H,15,19)(H,17,20). The highest BCUT2D eigenvalue weighted by Crippen LogP contribution is 2.27. The number of nitrogens with one attached hydrogen (secondary N) is 3. The van der Waals surface area contributed by atoms with Crippen molar-refractivity contribution in [3.05, 3.63) is 0 Å². The lowest BCUT2D eigenvalue weighted by molar-refractivity contribution is -0.130. The van der Waals surface area contributed by atoms with Crippen molar-refractivity contribution in [2.75, 3.05) is 33.4 Å². The van der Waals surface area contributed by atoms with E-state index in [2.05, 4.69) is 34.9 Å². The third-order valence-electron chi connectivity index (χ3n) is 4.32. The topological polar surface area (TPSA) is 82.7 Å². The van der Waals surface area contributed by atoms with E-state index in [0.717, 1.165) is 6.42 Å². The van der Waals surface area contributed by atoms with Crippen molar-refractivity contribution in [2.45, 2.75) is 32.4 Å². The molecule has 2 heterocycles. The summed E-state index contributed by atoms with van der Waals surface area (Å²) in [7, 11) is 1.65. The Morgan fingerprint density at radius 1 is 1.48 bits per heavy atom. The Balaban J connectivity index is 1.98. The maximum Gasteiger partial charge on any atom is 0.240 e. The van der Waals surface area contributed by atoms with E-state index >= 15 is 0 Å². The quantitative estimate of drug-likeness (QED) is 0.554. The van der Waals surface area contributed by atoms with Crippen LogP contribution < -0.4 is 16.2 Å². The Morgan fingerprint density at radius 3 is 2.90 bits per heavy atom. The molecule has 2 amide bonds. The Bertz CT molecular complexity index is 388. The summed E-state index contributed by atoms with van der Waals surface area (Å²) in [5.74, 6) is -0.374. The fraction of sp³-hybridized carbons (Fsp3) is 0.857. The van der Waals surface area contributed by atoms with Crippen molar-refractivity contribution in [1.29, 1.82) is 0 Å². The van der Waals surface area contributed by atoms with E-state index in [9.17, 15) is 9.59 Å². The van der Waals surface area contributed by atoms with Crippen molar-refractivity contribution in [1.82, 2.24) is 21.1 Å². The van der Waals surface area contributed by atoms with Crippen LogP contribution in [0.4, 0.5) is 0 Å². The number of hydrogen-bond donors (Lipinski definition) is 3. The fourth-order valence-corrected chi connectivity index (χ4v) is 3.01. The highest BCUT2D eigenvalue weighted by atomic mass is 16.5. The second kappa shape index (κ2) is 7.20. The van der Waals surface area contributed by atoms with E-state index in [4.69, 9.17) is 4.74 Å². The smallest absolute Gasteiger partial charge is 0.240 e. The van der Waals surface area contributed by atoms with Gasteiger partial charge >= 0.3 is 0 Å². The van der Waals surface area contributed by atoms with Gasteiger partial charge in [0.25, 0.3) is 0 Å². The van der Waals surface area contributed by atoms with Crippen molar-refractivity contribution in [2.24, 2.45) is 11.8 Å². The summed E-state index contributed by atoms with van der Waals surface area (Å²) in [6.07, 6.45) is 0.793. The van der Waals surface area contributed by atoms with Gasteiger partial charge in [0.05, 0.1) is 17.9 Å². The van der Waals surface area contributed by atoms with E-state index in [1.165, 1.54) is 0 Å². The number of ether oxygens (including phenoxy) is 1. The first-order valence-electron chi connectivity index (χ1n) is 7.60. The van der Waals surface area contributed by atoms with Crippen LogP contribution in [0.3, 0.4) is 0 Å². The molecule has 120 valence electrons. The van der Waals surface area contributed by atoms with Crippen LogP contribution in [-0.2, 0) is 14.3 Å². The number of rotatable bonds is 6. The number of piperidine rings is 1. The van der Waals surface area contributed by atoms with Gasteiger partial charge in [-0.2, -0.15) is 0 Å². The average Bonchev–Trinajstić information content (AvgIpc) is 2.84. The first-order valence-corrected chi connectivity index (χ1v) is 7.60. The largest absolute Gasteiger partial charge is 0.385 e. The molecule has 0 radical (unpaired) electrons. The van der Waals surface area contributed by atoms with Gasteiger partial charge in [0.2, 0.25) is 11.8 Å². The van der Waals surface area contributed by atoms with Crippen LogP contribution in [0.25, 0.3) is 0 Å². The molecule has 0 aromatic rings. The number of nitrogens with zero attached hydrogens (tertiary/aromatic N) is 1. The van der Waals surface area contributed by atoms with Crippen LogP contribution in [-0.4, -0.2) is 62.1 Å². The maximum atomic E-state index is 12.4. The maximum absolute atomic E-state index is 12.4. The summed E-state index contributed by atoms with van der Waals surface area (Å²) in [6.45, 7) is 6.80. The highest BCUT2D eigenvalue weighted by Gasteiger charge is 2.47. The lowest BCUT2D eigenvalue weighted by atomic mass is 9.83. The Labute approximate surface area is 125 Å². The Hall–Kier alpha value is -1.18. The molecule has 21 heavy (non-hydrogen) atoms. The molecule has 0 aliphatic carbocycles. The van der Waals surface area contributed by atoms with Gasteiger partial charge in [-0.05, 0) is 20.3 Å². The molecule has 2 aliphatic rings. The molecule has 2 fully saturated rings. The number of likely N-dealkylation sites (tertiary alicyclic amines) is 1. The van der Waals surface area contributed by atoms with Crippen LogP contribution in [0.5, 0.6) is 0 Å². The lowest BCUT2D eigenvalue weighted by Gasteiger charge is -2.40. The third-order valence-corrected chi connectivity index (χ3v) is 4.32. The summed E-state index contributed by atoms with van der Waals surface area (Å²) in [6, 6.07) is 0.207. The zero-order valence-corrected chi connectivity index (χ0v) is 13.0. The summed E-state index contributed by atoms with van der Waals surface area (Å²) in [4.78, 5) is 26.5. The van der Waals surface area contributed by atoms with Gasteiger partial charge < -0.3 is 10.1 Å². The zero-order chi connectivity index (χ0) is 15.4. The monoisotopic (exact) mass is 298 g/mol. The predicted molar refractivity (Wildman–Crippen MR) is 78.3 cm³/mol. The number of carbonyl (C=O) groups is 2. The number of hydrazine groups is 1. The molecule has 0 aromatic carbocycles. The van der Waals surface area contributed by atoms with Gasteiger partial charge in [-0.1, -0.05) is 0 Å². The first-order chi connectivity index (χ1) is 10.0. The summed E-state index contributed by atoms with van der Waals surface area (Å²) in [5, 5.41) is 2.95. The van der Waals surface area contributed by atoms with Gasteiger partial charge in [-0.15, -0.1) is 0 Å². The molecule has 2 aliphatic heterocycles. The van der Waals surface area contributed by atoms with E-state index < -0.39 is 0 Å². The van der Waals surface area contributed by atoms with E-state index in [1.54, 1.807) is 7.11 Å². The third kappa shape index (κ3) is 3.72. The van der Waals surface area contributed by atoms with Crippen LogP contribution >= 0.6 is 0 Å². The Morgan fingerprint density at radius 2 is 2.24 bits per heavy atom. The second-order valence-electron chi connectivity index (χ2n) is 6.06. The first kappa shape index (κ1) is 16.2. The summed E-state index contributed by atoms with van der Waals surface area (Å²) >= 11 is 0. The summed E-state index contributed by atoms with van der Waals surface area (Å²) < 4.78 is 4.97. The van der Waals surface area contributed by atoms with Crippen molar-refractivity contribution in [3.63, 3.8) is 0 Å². The van der Waals surface area contributed by atoms with Gasteiger partial charge in [0, 0.05) is 39.4 Å². The van der Waals surface area contributed by atoms with Crippen molar-refractivity contribution in [3.8, 4) is 0 Å². The normalized spacial score (nSPS) is 29.3. The minimum Gasteiger partial charge on any atom is -0.385 e. The molecule has 3 N–H and O–H groups in total. The van der Waals surface area contributed by atoms with E-state index in [0.29, 0.717) is 32.3 Å². The van der Waals surface area contributed by atoms with Gasteiger partial charge in [0.1, 0.15) is 0 Å². The van der Waals surface area contributed by atoms with Crippen LogP contribution in [0, 0.1) is 11.8 Å². The van der Waals surface area contributed by atoms with Crippen LogP contribution in [0.15, 0.2) is 0 Å². The fourth-order valence-electron chi connectivity index (χ4n) is 3.01. The molecule has 2 saturated heterocycles. The molecule has 3 unspecified atom stereocenters. The number of methoxy groups -OCH3 is 1. The summed E-state index contributed by atoms with van der Waals surface area (Å²) in [5.41, 5.74) is 5.66. The van der Waals surface area contributed by atoms with E-state index in [-0.39, 0.29) is 29.7 Å². The number of carbonyl (C=O) groups excluding carboxylic acids is 2. The molecule has 0 saturated carbocycles.